The van der Waals surface area contributed by atoms with Gasteiger partial charge in [-0.1, -0.05) is 198 Å². The maximum absolute atomic E-state index is 2.54. The van der Waals surface area contributed by atoms with Gasteiger partial charge in [0.1, 0.15) is 0 Å². The summed E-state index contributed by atoms with van der Waals surface area (Å²) in [5.74, 6) is 0. The molecule has 0 N–H and O–H groups in total. The Morgan fingerprint density at radius 3 is 1.19 bits per heavy atom. The van der Waals surface area contributed by atoms with Gasteiger partial charge in [-0.05, 0) is 162 Å². The Bertz CT molecular complexity index is 3660. The van der Waals surface area contributed by atoms with E-state index in [9.17, 15) is 0 Å². The van der Waals surface area contributed by atoms with Crippen LogP contribution >= 0.6 is 0 Å². The molecule has 70 heavy (non-hydrogen) atoms. The monoisotopic (exact) mass is 898 g/mol. The lowest BCUT2D eigenvalue weighted by molar-refractivity contribution is 0.588. The predicted octanol–water partition coefficient (Wildman–Crippen LogP) is 18.2. The van der Waals surface area contributed by atoms with Gasteiger partial charge >= 0.3 is 0 Å². The van der Waals surface area contributed by atoms with Crippen molar-refractivity contribution in [1.82, 2.24) is 0 Å². The fraction of sp³-hybridized carbons (Fsp3) is 0.118. The van der Waals surface area contributed by atoms with Crippen molar-refractivity contribution in [3.05, 3.63) is 276 Å². The molecule has 10 aromatic rings. The number of fused-ring (bicyclic) bond motifs is 13. The normalized spacial score (nSPS) is 15.4. The summed E-state index contributed by atoms with van der Waals surface area (Å²) in [6, 6.07) is 88.6. The molecule has 1 spiro atoms. The first-order valence-electron chi connectivity index (χ1n) is 24.8. The van der Waals surface area contributed by atoms with Gasteiger partial charge < -0.3 is 9.80 Å². The molecule has 0 aromatic heterocycles. The van der Waals surface area contributed by atoms with Crippen molar-refractivity contribution < 1.29 is 0 Å². The summed E-state index contributed by atoms with van der Waals surface area (Å²) in [4.78, 5) is 4.90. The largest absolute Gasteiger partial charge is 0.310 e. The minimum Gasteiger partial charge on any atom is -0.310 e. The van der Waals surface area contributed by atoms with Gasteiger partial charge in [0.15, 0.2) is 0 Å². The zero-order valence-electron chi connectivity index (χ0n) is 40.4. The van der Waals surface area contributed by atoms with E-state index in [-0.39, 0.29) is 10.8 Å². The molecule has 3 aliphatic carbocycles. The second-order valence-corrected chi connectivity index (χ2v) is 20.9. The molecule has 2 heteroatoms. The van der Waals surface area contributed by atoms with Gasteiger partial charge in [-0.15, -0.1) is 0 Å². The smallest absolute Gasteiger partial charge is 0.0727 e. The van der Waals surface area contributed by atoms with Crippen molar-refractivity contribution in [2.24, 2.45) is 0 Å². The van der Waals surface area contributed by atoms with Gasteiger partial charge in [0, 0.05) is 39.5 Å². The van der Waals surface area contributed by atoms with Gasteiger partial charge in [0.05, 0.1) is 5.41 Å². The first kappa shape index (κ1) is 41.9. The fourth-order valence-electron chi connectivity index (χ4n) is 12.2. The van der Waals surface area contributed by atoms with Gasteiger partial charge in [-0.3, -0.25) is 0 Å². The molecular weight excluding hydrogens is 845 g/mol. The van der Waals surface area contributed by atoms with E-state index < -0.39 is 5.41 Å². The van der Waals surface area contributed by atoms with Crippen molar-refractivity contribution >= 4 is 34.1 Å². The molecule has 0 saturated heterocycles. The highest BCUT2D eigenvalue weighted by molar-refractivity contribution is 5.98. The fourth-order valence-corrected chi connectivity index (χ4v) is 12.2. The van der Waals surface area contributed by atoms with Crippen LogP contribution in [0.3, 0.4) is 0 Å². The molecule has 1 atom stereocenters. The van der Waals surface area contributed by atoms with Crippen LogP contribution < -0.4 is 9.80 Å². The van der Waals surface area contributed by atoms with Crippen LogP contribution in [-0.4, -0.2) is 0 Å². The highest BCUT2D eigenvalue weighted by Gasteiger charge is 2.52. The quantitative estimate of drug-likeness (QED) is 0.157. The third-order valence-corrected chi connectivity index (χ3v) is 15.6. The van der Waals surface area contributed by atoms with Crippen molar-refractivity contribution in [3.63, 3.8) is 0 Å². The zero-order valence-corrected chi connectivity index (χ0v) is 40.4. The van der Waals surface area contributed by atoms with Crippen LogP contribution in [0.15, 0.2) is 237 Å². The summed E-state index contributed by atoms with van der Waals surface area (Å²) < 4.78 is 0. The standard InChI is InChI=1S/C68H54N2/c1-66(2,3)47-31-37-57-59-40-35-52(69(48-21-11-7-12-22-48)50-32-29-46(30-33-50)45-19-9-6-10-20-45)43-65(59)68(63(57)41-47)61-28-18-16-26-55(61)58-39-36-53(44-64(58)68)70(49-23-13-8-14-24-49)51-34-38-56-54-25-15-17-27-60(54)67(4,5)62(56)42-51/h6-44H,1-5H3. The Kier molecular flexibility index (Phi) is 9.39. The lowest BCUT2D eigenvalue weighted by Gasteiger charge is -2.34. The van der Waals surface area contributed by atoms with E-state index in [4.69, 9.17) is 0 Å². The number of anilines is 6. The lowest BCUT2D eigenvalue weighted by Crippen LogP contribution is -2.27. The average molecular weight is 899 g/mol. The summed E-state index contributed by atoms with van der Waals surface area (Å²) in [6.45, 7) is 11.8. The second kappa shape index (κ2) is 15.7. The predicted molar refractivity (Wildman–Crippen MR) is 294 cm³/mol. The van der Waals surface area contributed by atoms with Crippen molar-refractivity contribution in [2.45, 2.75) is 50.9 Å². The summed E-state index contributed by atoms with van der Waals surface area (Å²) >= 11 is 0. The van der Waals surface area contributed by atoms with E-state index in [1.807, 2.05) is 0 Å². The second-order valence-electron chi connectivity index (χ2n) is 20.9. The Hall–Kier alpha value is -8.20. The zero-order chi connectivity index (χ0) is 47.4. The van der Waals surface area contributed by atoms with Crippen LogP contribution in [-0.2, 0) is 16.2 Å². The summed E-state index contributed by atoms with van der Waals surface area (Å²) in [5.41, 5.74) is 25.5. The Morgan fingerprint density at radius 2 is 0.643 bits per heavy atom. The molecule has 2 nitrogen and oxygen atoms in total. The van der Waals surface area contributed by atoms with Crippen molar-refractivity contribution in [2.75, 3.05) is 9.80 Å². The number of benzene rings is 10. The number of hydrogen-bond acceptors (Lipinski definition) is 2. The highest BCUT2D eigenvalue weighted by atomic mass is 15.1. The molecule has 1 unspecified atom stereocenters. The molecule has 0 aliphatic heterocycles. The maximum Gasteiger partial charge on any atom is 0.0727 e. The van der Waals surface area contributed by atoms with E-state index in [0.29, 0.717) is 0 Å². The topological polar surface area (TPSA) is 6.48 Å². The number of rotatable bonds is 7. The maximum atomic E-state index is 2.54. The minimum atomic E-state index is -0.604. The highest BCUT2D eigenvalue weighted by Crippen LogP contribution is 2.64. The van der Waals surface area contributed by atoms with Crippen LogP contribution in [0.1, 0.15) is 73.6 Å². The third-order valence-electron chi connectivity index (χ3n) is 15.6. The van der Waals surface area contributed by atoms with E-state index in [2.05, 4.69) is 281 Å². The van der Waals surface area contributed by atoms with E-state index in [0.717, 1.165) is 34.1 Å². The summed E-state index contributed by atoms with van der Waals surface area (Å²) in [7, 11) is 0. The van der Waals surface area contributed by atoms with Gasteiger partial charge in [0.2, 0.25) is 0 Å². The molecule has 0 amide bonds. The molecule has 0 radical (unpaired) electrons. The molecule has 10 aromatic carbocycles. The van der Waals surface area contributed by atoms with E-state index in [1.54, 1.807) is 0 Å². The molecule has 3 aliphatic rings. The molecule has 0 fully saturated rings. The van der Waals surface area contributed by atoms with Crippen molar-refractivity contribution in [3.8, 4) is 44.5 Å². The summed E-state index contributed by atoms with van der Waals surface area (Å²) in [6.07, 6.45) is 0. The molecule has 0 heterocycles. The number of para-hydroxylation sites is 2. The van der Waals surface area contributed by atoms with E-state index >= 15 is 0 Å². The van der Waals surface area contributed by atoms with Crippen LogP contribution in [0.25, 0.3) is 44.5 Å². The number of hydrogen-bond donors (Lipinski definition) is 0. The van der Waals surface area contributed by atoms with Crippen LogP contribution in [0.4, 0.5) is 34.1 Å². The number of nitrogens with zero attached hydrogens (tertiary/aromatic N) is 2. The molecule has 336 valence electrons. The first-order chi connectivity index (χ1) is 34.1. The van der Waals surface area contributed by atoms with Crippen molar-refractivity contribution in [1.29, 1.82) is 0 Å². The Balaban J connectivity index is 1.05. The summed E-state index contributed by atoms with van der Waals surface area (Å²) in [5, 5.41) is 0. The minimum absolute atomic E-state index is 0.0555. The SMILES string of the molecule is CC(C)(C)c1ccc2c(c1)C1(c3ccccc3-c3ccc(N(c4ccccc4)c4ccc5c(c4)C(C)(C)c4ccccc4-5)cc31)c1cc(N(c3ccccc3)c3ccc(-c4ccccc4)cc3)ccc1-2. The Labute approximate surface area is 412 Å². The molecule has 13 rings (SSSR count). The molecule has 0 saturated carbocycles. The van der Waals surface area contributed by atoms with Gasteiger partial charge in [-0.25, -0.2) is 0 Å². The van der Waals surface area contributed by atoms with Crippen LogP contribution in [0.5, 0.6) is 0 Å². The van der Waals surface area contributed by atoms with Gasteiger partial charge in [0.25, 0.3) is 0 Å². The first-order valence-corrected chi connectivity index (χ1v) is 24.8. The van der Waals surface area contributed by atoms with Crippen LogP contribution in [0.2, 0.25) is 0 Å². The average Bonchev–Trinajstić information content (AvgIpc) is 3.95. The third kappa shape index (κ3) is 6.26. The Morgan fingerprint density at radius 1 is 0.286 bits per heavy atom. The van der Waals surface area contributed by atoms with E-state index in [1.165, 1.54) is 83.5 Å². The molecular formula is C68H54N2. The van der Waals surface area contributed by atoms with Gasteiger partial charge in [-0.2, -0.15) is 0 Å². The lowest BCUT2D eigenvalue weighted by atomic mass is 9.69. The van der Waals surface area contributed by atoms with Crippen LogP contribution in [0, 0.1) is 0 Å². The molecule has 0 bridgehead atoms.